The van der Waals surface area contributed by atoms with Gasteiger partial charge in [0.05, 0.1) is 18.1 Å². The number of hydrogen-bond acceptors (Lipinski definition) is 2. The van der Waals surface area contributed by atoms with Crippen molar-refractivity contribution in [2.45, 2.75) is 50.2 Å². The van der Waals surface area contributed by atoms with E-state index in [9.17, 15) is 9.90 Å². The molecule has 4 nitrogen and oxygen atoms in total. The monoisotopic (exact) mass is 386 g/mol. The van der Waals surface area contributed by atoms with Crippen LogP contribution in [-0.4, -0.2) is 39.2 Å². The van der Waals surface area contributed by atoms with Gasteiger partial charge >= 0.3 is 0 Å². The number of fused-ring (bicyclic) bond motifs is 1. The number of aromatic nitrogens is 1. The smallest absolute Gasteiger partial charge is 0.225 e. The molecule has 0 radical (unpaired) electrons. The minimum atomic E-state index is -0.551. The summed E-state index contributed by atoms with van der Waals surface area (Å²) in [5.41, 5.74) is 0.528. The number of carbonyl (C=O) groups is 1. The molecule has 2 aliphatic rings. The lowest BCUT2D eigenvalue weighted by molar-refractivity contribution is -0.143. The Morgan fingerprint density at radius 3 is 2.67 bits per heavy atom. The van der Waals surface area contributed by atoms with Gasteiger partial charge < -0.3 is 14.6 Å². The maximum atomic E-state index is 13.1. The van der Waals surface area contributed by atoms with E-state index in [1.807, 2.05) is 53.7 Å². The normalized spacial score (nSPS) is 26.4. The highest BCUT2D eigenvalue weighted by atomic mass is 35.5. The quantitative estimate of drug-likeness (QED) is 0.852. The minimum absolute atomic E-state index is 0.0445. The number of nitrogens with zero attached hydrogens (tertiary/aromatic N) is 2. The van der Waals surface area contributed by atoms with E-state index in [1.54, 1.807) is 0 Å². The molecule has 2 heterocycles. The van der Waals surface area contributed by atoms with Gasteiger partial charge in [-0.15, -0.1) is 0 Å². The largest absolute Gasteiger partial charge is 0.389 e. The SMILES string of the molecule is O=C(CC(c1ccc(Cl)cc1)n1cccc1)N1CCC2(O)CCCCC2C1. The average Bonchev–Trinajstić information content (AvgIpc) is 3.20. The van der Waals surface area contributed by atoms with E-state index in [4.69, 9.17) is 11.6 Å². The summed E-state index contributed by atoms with van der Waals surface area (Å²) in [6.07, 6.45) is 9.30. The predicted octanol–water partition coefficient (Wildman–Crippen LogP) is 4.27. The molecule has 1 aromatic carbocycles. The molecule has 1 N–H and O–H groups in total. The molecule has 3 atom stereocenters. The maximum absolute atomic E-state index is 13.1. The van der Waals surface area contributed by atoms with E-state index in [0.29, 0.717) is 31.0 Å². The Morgan fingerprint density at radius 1 is 1.19 bits per heavy atom. The van der Waals surface area contributed by atoms with Crippen molar-refractivity contribution in [1.29, 1.82) is 0 Å². The van der Waals surface area contributed by atoms with Crippen LogP contribution in [0.1, 0.15) is 50.1 Å². The number of halogens is 1. The van der Waals surface area contributed by atoms with Gasteiger partial charge in [-0.05, 0) is 49.1 Å². The zero-order chi connectivity index (χ0) is 18.9. The molecular weight excluding hydrogens is 360 g/mol. The van der Waals surface area contributed by atoms with Gasteiger partial charge in [0.1, 0.15) is 0 Å². The summed E-state index contributed by atoms with van der Waals surface area (Å²) in [6, 6.07) is 11.7. The van der Waals surface area contributed by atoms with Gasteiger partial charge in [0.25, 0.3) is 0 Å². The molecule has 1 saturated heterocycles. The van der Waals surface area contributed by atoms with E-state index in [1.165, 1.54) is 0 Å². The van der Waals surface area contributed by atoms with Crippen LogP contribution in [0, 0.1) is 5.92 Å². The summed E-state index contributed by atoms with van der Waals surface area (Å²) in [4.78, 5) is 15.1. The molecule has 2 fully saturated rings. The molecule has 1 aromatic heterocycles. The molecule has 1 saturated carbocycles. The topological polar surface area (TPSA) is 45.5 Å². The molecular formula is C22H27ClN2O2. The molecule has 1 aliphatic carbocycles. The van der Waals surface area contributed by atoms with Crippen LogP contribution >= 0.6 is 11.6 Å². The number of carbonyl (C=O) groups excluding carboxylic acids is 1. The zero-order valence-corrected chi connectivity index (χ0v) is 16.3. The fraction of sp³-hybridized carbons (Fsp3) is 0.500. The lowest BCUT2D eigenvalue weighted by Crippen LogP contribution is -2.54. The van der Waals surface area contributed by atoms with Crippen molar-refractivity contribution in [3.63, 3.8) is 0 Å². The number of benzene rings is 1. The predicted molar refractivity (Wildman–Crippen MR) is 107 cm³/mol. The average molecular weight is 387 g/mol. The van der Waals surface area contributed by atoms with Gasteiger partial charge in [-0.1, -0.05) is 36.6 Å². The van der Waals surface area contributed by atoms with Gasteiger partial charge in [-0.2, -0.15) is 0 Å². The number of amides is 1. The number of aliphatic hydroxyl groups is 1. The van der Waals surface area contributed by atoms with E-state index in [-0.39, 0.29) is 17.9 Å². The van der Waals surface area contributed by atoms with Gasteiger partial charge in [-0.25, -0.2) is 0 Å². The molecule has 3 unspecified atom stereocenters. The molecule has 2 aromatic rings. The third-order valence-electron chi connectivity index (χ3n) is 6.39. The summed E-state index contributed by atoms with van der Waals surface area (Å²) >= 11 is 6.04. The van der Waals surface area contributed by atoms with Gasteiger partial charge in [0.2, 0.25) is 5.91 Å². The second-order valence-electron chi connectivity index (χ2n) is 8.04. The molecule has 0 bridgehead atoms. The molecule has 144 valence electrons. The van der Waals surface area contributed by atoms with E-state index in [2.05, 4.69) is 4.57 Å². The Morgan fingerprint density at radius 2 is 1.93 bits per heavy atom. The Kier molecular flexibility index (Phi) is 5.29. The Bertz CT molecular complexity index is 774. The molecule has 5 heteroatoms. The Balaban J connectivity index is 1.50. The Hall–Kier alpha value is -1.78. The van der Waals surface area contributed by atoms with Crippen LogP contribution in [0.15, 0.2) is 48.8 Å². The second-order valence-corrected chi connectivity index (χ2v) is 8.47. The van der Waals surface area contributed by atoms with Crippen molar-refractivity contribution in [1.82, 2.24) is 9.47 Å². The first kappa shape index (κ1) is 18.6. The highest BCUT2D eigenvalue weighted by Gasteiger charge is 2.43. The summed E-state index contributed by atoms with van der Waals surface area (Å²) in [7, 11) is 0. The lowest BCUT2D eigenvalue weighted by atomic mass is 9.71. The van der Waals surface area contributed by atoms with Crippen molar-refractivity contribution in [3.8, 4) is 0 Å². The molecule has 4 rings (SSSR count). The lowest BCUT2D eigenvalue weighted by Gasteiger charge is -2.47. The number of piperidine rings is 1. The fourth-order valence-electron chi connectivity index (χ4n) is 4.73. The van der Waals surface area contributed by atoms with Crippen LogP contribution < -0.4 is 0 Å². The highest BCUT2D eigenvalue weighted by molar-refractivity contribution is 6.30. The van der Waals surface area contributed by atoms with Crippen molar-refractivity contribution >= 4 is 17.5 Å². The van der Waals surface area contributed by atoms with E-state index >= 15 is 0 Å². The summed E-state index contributed by atoms with van der Waals surface area (Å²) in [6.45, 7) is 1.35. The zero-order valence-electron chi connectivity index (χ0n) is 15.6. The van der Waals surface area contributed by atoms with Gasteiger partial charge in [0.15, 0.2) is 0 Å². The molecule has 1 aliphatic heterocycles. The summed E-state index contributed by atoms with van der Waals surface area (Å²) in [5.74, 6) is 0.390. The number of rotatable bonds is 4. The van der Waals surface area contributed by atoms with Crippen LogP contribution in [0.5, 0.6) is 0 Å². The van der Waals surface area contributed by atoms with E-state index in [0.717, 1.165) is 31.2 Å². The molecule has 0 spiro atoms. The van der Waals surface area contributed by atoms with Crippen LogP contribution in [0.25, 0.3) is 0 Å². The standard InChI is InChI=1S/C22H27ClN2O2/c23-19-8-6-17(7-9-19)20(24-12-3-4-13-24)15-21(26)25-14-11-22(27)10-2-1-5-18(22)16-25/h3-4,6-9,12-13,18,20,27H,1-2,5,10-11,14-16H2. The summed E-state index contributed by atoms with van der Waals surface area (Å²) < 4.78 is 2.09. The minimum Gasteiger partial charge on any atom is -0.389 e. The molecule has 27 heavy (non-hydrogen) atoms. The van der Waals surface area contributed by atoms with E-state index < -0.39 is 5.60 Å². The fourth-order valence-corrected chi connectivity index (χ4v) is 4.85. The van der Waals surface area contributed by atoms with Gasteiger partial charge in [-0.3, -0.25) is 4.79 Å². The Labute approximate surface area is 165 Å². The van der Waals surface area contributed by atoms with Crippen molar-refractivity contribution in [2.24, 2.45) is 5.92 Å². The maximum Gasteiger partial charge on any atom is 0.225 e. The third kappa shape index (κ3) is 3.92. The van der Waals surface area contributed by atoms with Crippen LogP contribution in [0.3, 0.4) is 0 Å². The van der Waals surface area contributed by atoms with Crippen molar-refractivity contribution < 1.29 is 9.90 Å². The first-order valence-electron chi connectivity index (χ1n) is 9.93. The van der Waals surface area contributed by atoms with Gasteiger partial charge in [0, 0.05) is 36.4 Å². The first-order valence-corrected chi connectivity index (χ1v) is 10.3. The van der Waals surface area contributed by atoms with Crippen molar-refractivity contribution in [2.75, 3.05) is 13.1 Å². The highest BCUT2D eigenvalue weighted by Crippen LogP contribution is 2.40. The van der Waals surface area contributed by atoms with Crippen LogP contribution in [-0.2, 0) is 4.79 Å². The van der Waals surface area contributed by atoms with Crippen LogP contribution in [0.4, 0.5) is 0 Å². The first-order chi connectivity index (χ1) is 13.0. The van der Waals surface area contributed by atoms with Crippen LogP contribution in [0.2, 0.25) is 5.02 Å². The third-order valence-corrected chi connectivity index (χ3v) is 6.64. The van der Waals surface area contributed by atoms with Crippen molar-refractivity contribution in [3.05, 3.63) is 59.4 Å². The summed E-state index contributed by atoms with van der Waals surface area (Å²) in [5, 5.41) is 11.6. The number of hydrogen-bond donors (Lipinski definition) is 1. The second kappa shape index (κ2) is 7.69. The molecule has 1 amide bonds. The number of likely N-dealkylation sites (tertiary alicyclic amines) is 1.